The Hall–Kier alpha value is -1.78. The minimum absolute atomic E-state index is 0.142. The predicted molar refractivity (Wildman–Crippen MR) is 82.6 cm³/mol. The smallest absolute Gasteiger partial charge is 0.125 e. The summed E-state index contributed by atoms with van der Waals surface area (Å²) < 4.78 is 18.5. The van der Waals surface area contributed by atoms with E-state index < -0.39 is 6.10 Å². The monoisotopic (exact) mass is 309 g/mol. The van der Waals surface area contributed by atoms with E-state index in [1.165, 1.54) is 12.1 Å². The van der Waals surface area contributed by atoms with E-state index in [1.54, 1.807) is 24.3 Å². The van der Waals surface area contributed by atoms with Gasteiger partial charge in [0.05, 0.1) is 0 Å². The van der Waals surface area contributed by atoms with Crippen molar-refractivity contribution in [3.05, 3.63) is 58.9 Å². The summed E-state index contributed by atoms with van der Waals surface area (Å²) in [5, 5.41) is 13.5. The molecule has 2 N–H and O–H groups in total. The van der Waals surface area contributed by atoms with Crippen LogP contribution in [-0.4, -0.2) is 24.4 Å². The van der Waals surface area contributed by atoms with Gasteiger partial charge in [-0.3, -0.25) is 0 Å². The van der Waals surface area contributed by atoms with Gasteiger partial charge in [0.25, 0.3) is 0 Å². The normalized spacial score (nSPS) is 12.0. The van der Waals surface area contributed by atoms with E-state index in [9.17, 15) is 9.50 Å². The zero-order chi connectivity index (χ0) is 15.2. The molecule has 0 heterocycles. The molecule has 1 atom stereocenters. The maximum Gasteiger partial charge on any atom is 0.125 e. The minimum Gasteiger partial charge on any atom is -0.491 e. The van der Waals surface area contributed by atoms with Crippen molar-refractivity contribution in [2.45, 2.75) is 13.0 Å². The van der Waals surface area contributed by atoms with Gasteiger partial charge in [-0.25, -0.2) is 4.39 Å². The van der Waals surface area contributed by atoms with Crippen LogP contribution in [0.25, 0.3) is 0 Å². The van der Waals surface area contributed by atoms with Crippen LogP contribution < -0.4 is 10.1 Å². The van der Waals surface area contributed by atoms with Gasteiger partial charge in [-0.2, -0.15) is 0 Å². The molecular formula is C16H17ClFNO2. The van der Waals surface area contributed by atoms with E-state index >= 15 is 0 Å². The van der Waals surface area contributed by atoms with Gasteiger partial charge < -0.3 is 15.2 Å². The van der Waals surface area contributed by atoms with Crippen molar-refractivity contribution in [3.8, 4) is 5.75 Å². The van der Waals surface area contributed by atoms with Crippen molar-refractivity contribution in [2.75, 3.05) is 18.5 Å². The number of ether oxygens (including phenoxy) is 1. The second-order valence-corrected chi connectivity index (χ2v) is 5.17. The zero-order valence-electron chi connectivity index (χ0n) is 11.6. The summed E-state index contributed by atoms with van der Waals surface area (Å²) in [7, 11) is 0. The van der Waals surface area contributed by atoms with Crippen LogP contribution in [0.2, 0.25) is 5.02 Å². The molecule has 0 spiro atoms. The first kappa shape index (κ1) is 15.6. The molecule has 0 radical (unpaired) electrons. The molecule has 0 amide bonds. The van der Waals surface area contributed by atoms with Gasteiger partial charge in [-0.15, -0.1) is 0 Å². The summed E-state index contributed by atoms with van der Waals surface area (Å²) in [6.45, 7) is 2.30. The fourth-order valence-electron chi connectivity index (χ4n) is 1.79. The summed E-state index contributed by atoms with van der Waals surface area (Å²) in [6.07, 6.45) is -0.704. The van der Waals surface area contributed by atoms with Crippen molar-refractivity contribution in [1.82, 2.24) is 0 Å². The number of hydrogen-bond acceptors (Lipinski definition) is 3. The number of halogens is 2. The third-order valence-electron chi connectivity index (χ3n) is 2.94. The first-order valence-electron chi connectivity index (χ1n) is 6.61. The Kier molecular flexibility index (Phi) is 5.42. The number of rotatable bonds is 6. The second-order valence-electron chi connectivity index (χ2n) is 4.77. The highest BCUT2D eigenvalue weighted by Gasteiger charge is 2.06. The van der Waals surface area contributed by atoms with Crippen molar-refractivity contribution < 1.29 is 14.2 Å². The summed E-state index contributed by atoms with van der Waals surface area (Å²) in [4.78, 5) is 0. The molecule has 0 aromatic heterocycles. The van der Waals surface area contributed by atoms with E-state index in [4.69, 9.17) is 16.3 Å². The summed E-state index contributed by atoms with van der Waals surface area (Å²) in [6, 6.07) is 11.4. The van der Waals surface area contributed by atoms with Crippen LogP contribution >= 0.6 is 11.6 Å². The molecule has 0 saturated heterocycles. The van der Waals surface area contributed by atoms with Crippen molar-refractivity contribution >= 4 is 17.3 Å². The number of nitrogens with one attached hydrogen (secondary N) is 1. The third-order valence-corrected chi connectivity index (χ3v) is 3.36. The number of aryl methyl sites for hydroxylation is 1. The lowest BCUT2D eigenvalue weighted by atomic mass is 10.2. The van der Waals surface area contributed by atoms with Crippen molar-refractivity contribution in [2.24, 2.45) is 0 Å². The highest BCUT2D eigenvalue weighted by Crippen LogP contribution is 2.21. The number of aliphatic hydroxyl groups excluding tert-OH is 1. The molecule has 5 heteroatoms. The number of aliphatic hydroxyl groups is 1. The van der Waals surface area contributed by atoms with Crippen molar-refractivity contribution in [1.29, 1.82) is 0 Å². The highest BCUT2D eigenvalue weighted by atomic mass is 35.5. The first-order chi connectivity index (χ1) is 10.0. The Balaban J connectivity index is 1.79. The molecule has 0 saturated carbocycles. The third kappa shape index (κ3) is 4.92. The molecule has 0 aliphatic rings. The van der Waals surface area contributed by atoms with Gasteiger partial charge in [-0.1, -0.05) is 17.7 Å². The molecular weight excluding hydrogens is 293 g/mol. The highest BCUT2D eigenvalue weighted by molar-refractivity contribution is 6.31. The van der Waals surface area contributed by atoms with E-state index in [0.29, 0.717) is 16.5 Å². The van der Waals surface area contributed by atoms with Gasteiger partial charge in [0.15, 0.2) is 0 Å². The van der Waals surface area contributed by atoms with Gasteiger partial charge in [0.2, 0.25) is 0 Å². The Morgan fingerprint density at radius 1 is 1.29 bits per heavy atom. The van der Waals surface area contributed by atoms with Gasteiger partial charge in [0.1, 0.15) is 24.3 Å². The molecule has 0 bridgehead atoms. The first-order valence-corrected chi connectivity index (χ1v) is 6.99. The topological polar surface area (TPSA) is 41.5 Å². The maximum atomic E-state index is 13.0. The number of hydrogen-bond donors (Lipinski definition) is 2. The molecule has 0 fully saturated rings. The van der Waals surface area contributed by atoms with Crippen LogP contribution in [0.5, 0.6) is 5.75 Å². The average Bonchev–Trinajstić information content (AvgIpc) is 2.46. The SMILES string of the molecule is Cc1cc(OCC(O)CNc2cccc(F)c2)ccc1Cl. The van der Waals surface area contributed by atoms with Gasteiger partial charge in [-0.05, 0) is 48.9 Å². The molecule has 1 unspecified atom stereocenters. The molecule has 2 rings (SSSR count). The van der Waals surface area contributed by atoms with Crippen LogP contribution in [0.4, 0.5) is 10.1 Å². The molecule has 3 nitrogen and oxygen atoms in total. The van der Waals surface area contributed by atoms with Gasteiger partial charge in [0, 0.05) is 17.3 Å². The van der Waals surface area contributed by atoms with Crippen LogP contribution in [-0.2, 0) is 0 Å². The molecule has 2 aromatic carbocycles. The average molecular weight is 310 g/mol. The Bertz CT molecular complexity index is 607. The molecule has 2 aromatic rings. The van der Waals surface area contributed by atoms with E-state index in [2.05, 4.69) is 5.32 Å². The Morgan fingerprint density at radius 2 is 2.10 bits per heavy atom. The molecule has 0 aliphatic carbocycles. The van der Waals surface area contributed by atoms with E-state index in [-0.39, 0.29) is 19.0 Å². The second kappa shape index (κ2) is 7.29. The maximum absolute atomic E-state index is 13.0. The molecule has 0 aliphatic heterocycles. The summed E-state index contributed by atoms with van der Waals surface area (Å²) in [5.41, 5.74) is 1.54. The predicted octanol–water partition coefficient (Wildman–Crippen LogP) is 3.64. The lowest BCUT2D eigenvalue weighted by molar-refractivity contribution is 0.117. The van der Waals surface area contributed by atoms with Crippen LogP contribution in [0.3, 0.4) is 0 Å². The number of benzene rings is 2. The van der Waals surface area contributed by atoms with Gasteiger partial charge >= 0.3 is 0 Å². The lowest BCUT2D eigenvalue weighted by Gasteiger charge is -2.14. The lowest BCUT2D eigenvalue weighted by Crippen LogP contribution is -2.26. The van der Waals surface area contributed by atoms with Crippen molar-refractivity contribution in [3.63, 3.8) is 0 Å². The van der Waals surface area contributed by atoms with E-state index in [0.717, 1.165) is 5.56 Å². The van der Waals surface area contributed by atoms with Crippen LogP contribution in [0.15, 0.2) is 42.5 Å². The molecule has 112 valence electrons. The minimum atomic E-state index is -0.704. The number of anilines is 1. The summed E-state index contributed by atoms with van der Waals surface area (Å²) in [5.74, 6) is 0.337. The van der Waals surface area contributed by atoms with Crippen LogP contribution in [0, 0.1) is 12.7 Å². The quantitative estimate of drug-likeness (QED) is 0.856. The fourth-order valence-corrected chi connectivity index (χ4v) is 1.91. The zero-order valence-corrected chi connectivity index (χ0v) is 12.4. The Morgan fingerprint density at radius 3 is 2.81 bits per heavy atom. The summed E-state index contributed by atoms with van der Waals surface area (Å²) >= 11 is 5.93. The molecule has 21 heavy (non-hydrogen) atoms. The largest absolute Gasteiger partial charge is 0.491 e. The van der Waals surface area contributed by atoms with E-state index in [1.807, 2.05) is 13.0 Å². The fraction of sp³-hybridized carbons (Fsp3) is 0.250. The Labute approximate surface area is 128 Å². The van der Waals surface area contributed by atoms with Crippen LogP contribution in [0.1, 0.15) is 5.56 Å². The standard InChI is InChI=1S/C16H17ClFNO2/c1-11-7-15(5-6-16(11)17)21-10-14(20)9-19-13-4-2-3-12(18)8-13/h2-8,14,19-20H,9-10H2,1H3.